The van der Waals surface area contributed by atoms with E-state index < -0.39 is 0 Å². The third-order valence-electron chi connectivity index (χ3n) is 3.43. The maximum absolute atomic E-state index is 6.24. The van der Waals surface area contributed by atoms with Crippen LogP contribution in [0.25, 0.3) is 0 Å². The van der Waals surface area contributed by atoms with Crippen molar-refractivity contribution in [1.29, 1.82) is 0 Å². The van der Waals surface area contributed by atoms with Crippen LogP contribution in [-0.4, -0.2) is 9.78 Å². The van der Waals surface area contributed by atoms with Crippen LogP contribution in [-0.2, 0) is 19.6 Å². The molecule has 0 aliphatic rings. The van der Waals surface area contributed by atoms with E-state index >= 15 is 0 Å². The maximum Gasteiger partial charge on any atom is 0.138 e. The van der Waals surface area contributed by atoms with E-state index in [4.69, 9.17) is 22.1 Å². The molecule has 0 saturated carbocycles. The molecule has 1 heterocycles. The third kappa shape index (κ3) is 3.77. The van der Waals surface area contributed by atoms with Gasteiger partial charge < -0.3 is 10.5 Å². The minimum Gasteiger partial charge on any atom is -0.486 e. The Morgan fingerprint density at radius 1 is 1.33 bits per heavy atom. The van der Waals surface area contributed by atoms with E-state index in [-0.39, 0.29) is 6.04 Å². The molecule has 0 spiro atoms. The van der Waals surface area contributed by atoms with Gasteiger partial charge >= 0.3 is 0 Å². The van der Waals surface area contributed by atoms with Gasteiger partial charge in [-0.15, -0.1) is 0 Å². The van der Waals surface area contributed by atoms with Crippen LogP contribution in [0.15, 0.2) is 24.3 Å². The van der Waals surface area contributed by atoms with E-state index in [1.165, 1.54) is 0 Å². The van der Waals surface area contributed by atoms with Crippen LogP contribution >= 0.6 is 11.6 Å². The Bertz CT molecular complexity index is 608. The molecule has 21 heavy (non-hydrogen) atoms. The van der Waals surface area contributed by atoms with E-state index in [0.29, 0.717) is 17.4 Å². The molecule has 0 saturated heterocycles. The molecule has 4 nitrogen and oxygen atoms in total. The molecule has 0 amide bonds. The molecule has 0 fully saturated rings. The second-order valence-corrected chi connectivity index (χ2v) is 5.47. The average Bonchev–Trinajstić information content (AvgIpc) is 2.88. The molecule has 1 aromatic carbocycles. The number of nitrogens with two attached hydrogens (primary N) is 1. The maximum atomic E-state index is 6.24. The van der Waals surface area contributed by atoms with E-state index in [0.717, 1.165) is 29.9 Å². The summed E-state index contributed by atoms with van der Waals surface area (Å²) >= 11 is 6.24. The molecule has 1 atom stereocenters. The Morgan fingerprint density at radius 2 is 2.10 bits per heavy atom. The van der Waals surface area contributed by atoms with Crippen molar-refractivity contribution in [3.05, 3.63) is 46.2 Å². The number of hydrogen-bond acceptors (Lipinski definition) is 3. The number of rotatable bonds is 6. The van der Waals surface area contributed by atoms with Crippen molar-refractivity contribution in [3.8, 4) is 5.75 Å². The predicted octanol–water partition coefficient (Wildman–Crippen LogP) is 3.72. The Balaban J connectivity index is 2.11. The lowest BCUT2D eigenvalue weighted by Gasteiger charge is -2.11. The summed E-state index contributed by atoms with van der Waals surface area (Å²) in [5, 5.41) is 5.09. The van der Waals surface area contributed by atoms with Gasteiger partial charge in [-0.3, -0.25) is 4.68 Å². The Kier molecular flexibility index (Phi) is 5.26. The summed E-state index contributed by atoms with van der Waals surface area (Å²) in [5.74, 6) is 0.669. The number of hydrogen-bond donors (Lipinski definition) is 1. The minimum absolute atomic E-state index is 0.0369. The van der Waals surface area contributed by atoms with Gasteiger partial charge in [0.2, 0.25) is 0 Å². The van der Waals surface area contributed by atoms with Crippen molar-refractivity contribution in [2.24, 2.45) is 5.73 Å². The molecule has 2 aromatic rings. The zero-order valence-electron chi connectivity index (χ0n) is 12.8. The lowest BCUT2D eigenvalue weighted by molar-refractivity contribution is 0.292. The predicted molar refractivity (Wildman–Crippen MR) is 85.7 cm³/mol. The van der Waals surface area contributed by atoms with Crippen LogP contribution in [0.1, 0.15) is 43.8 Å². The quantitative estimate of drug-likeness (QED) is 0.885. The van der Waals surface area contributed by atoms with E-state index in [1.54, 1.807) is 0 Å². The molecule has 1 aromatic heterocycles. The third-order valence-corrected chi connectivity index (χ3v) is 3.73. The summed E-state index contributed by atoms with van der Waals surface area (Å²) in [4.78, 5) is 0. The molecule has 0 radical (unpaired) electrons. The zero-order valence-corrected chi connectivity index (χ0v) is 13.5. The Labute approximate surface area is 130 Å². The Hall–Kier alpha value is -1.52. The fourth-order valence-electron chi connectivity index (χ4n) is 2.15. The SMILES string of the molecule is CCc1cc(COc2ccc([C@@H](C)N)cc2Cl)n(CC)n1. The number of halogens is 1. The van der Waals surface area contributed by atoms with Crippen molar-refractivity contribution in [2.45, 2.75) is 46.4 Å². The van der Waals surface area contributed by atoms with Gasteiger partial charge in [-0.1, -0.05) is 24.6 Å². The molecule has 2 rings (SSSR count). The van der Waals surface area contributed by atoms with Crippen molar-refractivity contribution in [2.75, 3.05) is 0 Å². The first-order valence-electron chi connectivity index (χ1n) is 7.28. The van der Waals surface area contributed by atoms with Crippen LogP contribution < -0.4 is 10.5 Å². The summed E-state index contributed by atoms with van der Waals surface area (Å²) in [6.07, 6.45) is 0.920. The molecular formula is C16H22ClN3O. The number of aryl methyl sites for hydroxylation is 2. The normalized spacial score (nSPS) is 12.4. The number of ether oxygens (including phenoxy) is 1. The first-order valence-corrected chi connectivity index (χ1v) is 7.66. The van der Waals surface area contributed by atoms with Crippen LogP contribution in [0.3, 0.4) is 0 Å². The highest BCUT2D eigenvalue weighted by Crippen LogP contribution is 2.28. The van der Waals surface area contributed by atoms with Crippen molar-refractivity contribution < 1.29 is 4.74 Å². The van der Waals surface area contributed by atoms with Gasteiger partial charge in [0, 0.05) is 12.6 Å². The monoisotopic (exact) mass is 307 g/mol. The summed E-state index contributed by atoms with van der Waals surface area (Å²) in [5.41, 5.74) is 8.98. The highest BCUT2D eigenvalue weighted by molar-refractivity contribution is 6.32. The summed E-state index contributed by atoms with van der Waals surface area (Å²) in [7, 11) is 0. The topological polar surface area (TPSA) is 53.1 Å². The van der Waals surface area contributed by atoms with Gasteiger partial charge in [-0.05, 0) is 44.0 Å². The fraction of sp³-hybridized carbons (Fsp3) is 0.438. The molecule has 2 N–H and O–H groups in total. The molecule has 0 unspecified atom stereocenters. The average molecular weight is 308 g/mol. The highest BCUT2D eigenvalue weighted by Gasteiger charge is 2.09. The number of aromatic nitrogens is 2. The smallest absolute Gasteiger partial charge is 0.138 e. The van der Waals surface area contributed by atoms with Crippen molar-refractivity contribution in [3.63, 3.8) is 0 Å². The highest BCUT2D eigenvalue weighted by atomic mass is 35.5. The molecule has 0 aliphatic heterocycles. The summed E-state index contributed by atoms with van der Waals surface area (Å²) in [6.45, 7) is 7.38. The standard InChI is InChI=1S/C16H22ClN3O/c1-4-13-9-14(20(5-2)19-13)10-21-16-7-6-12(11(3)18)8-15(16)17/h6-9,11H,4-5,10,18H2,1-3H3/t11-/m1/s1. The van der Waals surface area contributed by atoms with Gasteiger partial charge in [0.15, 0.2) is 0 Å². The molecule has 0 bridgehead atoms. The largest absolute Gasteiger partial charge is 0.486 e. The summed E-state index contributed by atoms with van der Waals surface area (Å²) in [6, 6.07) is 7.71. The molecule has 0 aliphatic carbocycles. The first-order chi connectivity index (χ1) is 10.0. The molecule has 114 valence electrons. The van der Waals surface area contributed by atoms with Crippen LogP contribution in [0, 0.1) is 0 Å². The van der Waals surface area contributed by atoms with Crippen LogP contribution in [0.5, 0.6) is 5.75 Å². The van der Waals surface area contributed by atoms with E-state index in [1.807, 2.05) is 29.8 Å². The van der Waals surface area contributed by atoms with Crippen LogP contribution in [0.2, 0.25) is 5.02 Å². The Morgan fingerprint density at radius 3 is 2.67 bits per heavy atom. The summed E-state index contributed by atoms with van der Waals surface area (Å²) < 4.78 is 7.79. The number of benzene rings is 1. The van der Waals surface area contributed by atoms with E-state index in [9.17, 15) is 0 Å². The first kappa shape index (κ1) is 15.9. The fourth-order valence-corrected chi connectivity index (χ4v) is 2.39. The zero-order chi connectivity index (χ0) is 15.4. The lowest BCUT2D eigenvalue weighted by atomic mass is 10.1. The van der Waals surface area contributed by atoms with Gasteiger partial charge in [0.05, 0.1) is 16.4 Å². The van der Waals surface area contributed by atoms with E-state index in [2.05, 4.69) is 25.0 Å². The van der Waals surface area contributed by atoms with Gasteiger partial charge in [0.25, 0.3) is 0 Å². The van der Waals surface area contributed by atoms with Crippen molar-refractivity contribution >= 4 is 11.6 Å². The molecule has 5 heteroatoms. The number of nitrogens with zero attached hydrogens (tertiary/aromatic N) is 2. The molecular weight excluding hydrogens is 286 g/mol. The van der Waals surface area contributed by atoms with Gasteiger partial charge in [-0.2, -0.15) is 5.10 Å². The second kappa shape index (κ2) is 6.96. The minimum atomic E-state index is -0.0369. The van der Waals surface area contributed by atoms with Gasteiger partial charge in [-0.25, -0.2) is 0 Å². The van der Waals surface area contributed by atoms with Crippen molar-refractivity contribution in [1.82, 2.24) is 9.78 Å². The lowest BCUT2D eigenvalue weighted by Crippen LogP contribution is -2.07. The van der Waals surface area contributed by atoms with Crippen LogP contribution in [0.4, 0.5) is 0 Å². The van der Waals surface area contributed by atoms with Gasteiger partial charge in [0.1, 0.15) is 12.4 Å². The second-order valence-electron chi connectivity index (χ2n) is 5.06.